The van der Waals surface area contributed by atoms with Gasteiger partial charge in [-0.05, 0) is 43.4 Å². The molecule has 1 aromatic heterocycles. The molecule has 1 aliphatic rings. The fourth-order valence-corrected chi connectivity index (χ4v) is 4.65. The van der Waals surface area contributed by atoms with Crippen LogP contribution in [-0.4, -0.2) is 40.8 Å². The number of rotatable bonds is 7. The van der Waals surface area contributed by atoms with Crippen molar-refractivity contribution in [1.82, 2.24) is 9.88 Å². The predicted molar refractivity (Wildman–Crippen MR) is 108 cm³/mol. The van der Waals surface area contributed by atoms with Crippen LogP contribution in [0.25, 0.3) is 0 Å². The Kier molecular flexibility index (Phi) is 7.27. The van der Waals surface area contributed by atoms with Crippen molar-refractivity contribution >= 4 is 40.2 Å². The first-order valence-electron chi connectivity index (χ1n) is 9.13. The molecule has 0 aliphatic carbocycles. The lowest BCUT2D eigenvalue weighted by atomic mass is 10.2. The van der Waals surface area contributed by atoms with Gasteiger partial charge in [-0.1, -0.05) is 11.3 Å². The Hall–Kier alpha value is -2.13. The van der Waals surface area contributed by atoms with E-state index in [1.165, 1.54) is 23.5 Å². The van der Waals surface area contributed by atoms with Crippen LogP contribution in [0.3, 0.4) is 0 Å². The third-order valence-corrected chi connectivity index (χ3v) is 6.23. The van der Waals surface area contributed by atoms with Crippen LogP contribution in [0, 0.1) is 5.82 Å². The summed E-state index contributed by atoms with van der Waals surface area (Å²) in [7, 11) is 0. The van der Waals surface area contributed by atoms with Crippen molar-refractivity contribution in [1.29, 1.82) is 0 Å². The molecule has 0 fully saturated rings. The van der Waals surface area contributed by atoms with Gasteiger partial charge in [0.25, 0.3) is 0 Å². The number of fused-ring (bicyclic) bond motifs is 1. The van der Waals surface area contributed by atoms with Gasteiger partial charge in [-0.25, -0.2) is 14.2 Å². The van der Waals surface area contributed by atoms with E-state index in [2.05, 4.69) is 10.3 Å². The number of nitrogens with zero attached hydrogens (tertiary/aromatic N) is 2. The van der Waals surface area contributed by atoms with Gasteiger partial charge in [-0.2, -0.15) is 0 Å². The number of carbonyl (C=O) groups excluding carboxylic acids is 2. The molecule has 0 saturated heterocycles. The lowest BCUT2D eigenvalue weighted by Crippen LogP contribution is -2.35. The predicted octanol–water partition coefficient (Wildman–Crippen LogP) is 4.31. The van der Waals surface area contributed by atoms with Gasteiger partial charge in [-0.3, -0.25) is 4.79 Å². The van der Waals surface area contributed by atoms with Crippen LogP contribution in [0.15, 0.2) is 29.2 Å². The maximum absolute atomic E-state index is 12.9. The monoisotopic (exact) mass is 423 g/mol. The van der Waals surface area contributed by atoms with E-state index in [1.807, 2.05) is 0 Å². The Balaban J connectivity index is 1.42. The van der Waals surface area contributed by atoms with Crippen LogP contribution in [0.2, 0.25) is 0 Å². The summed E-state index contributed by atoms with van der Waals surface area (Å²) in [5.41, 5.74) is 0.938. The zero-order valence-corrected chi connectivity index (χ0v) is 17.2. The van der Waals surface area contributed by atoms with Crippen molar-refractivity contribution < 1.29 is 18.7 Å². The summed E-state index contributed by atoms with van der Waals surface area (Å²) >= 11 is 3.00. The van der Waals surface area contributed by atoms with Gasteiger partial charge < -0.3 is 15.0 Å². The second-order valence-corrected chi connectivity index (χ2v) is 8.47. The van der Waals surface area contributed by atoms with E-state index in [-0.39, 0.29) is 17.8 Å². The average Bonchev–Trinajstić information content (AvgIpc) is 3.08. The number of hydrogen-bond acceptors (Lipinski definition) is 6. The smallest absolute Gasteiger partial charge is 0.410 e. The Morgan fingerprint density at radius 3 is 2.89 bits per heavy atom. The van der Waals surface area contributed by atoms with Crippen LogP contribution in [0.1, 0.15) is 30.3 Å². The molecule has 2 aromatic rings. The summed E-state index contributed by atoms with van der Waals surface area (Å²) < 4.78 is 17.9. The second-order valence-electron chi connectivity index (χ2n) is 6.21. The summed E-state index contributed by atoms with van der Waals surface area (Å²) in [6, 6.07) is 6.34. The largest absolute Gasteiger partial charge is 0.450 e. The molecule has 150 valence electrons. The lowest BCUT2D eigenvalue weighted by Gasteiger charge is -2.24. The number of anilines is 1. The van der Waals surface area contributed by atoms with E-state index in [0.29, 0.717) is 37.7 Å². The molecule has 1 N–H and O–H groups in total. The number of amides is 2. The first-order valence-corrected chi connectivity index (χ1v) is 10.9. The molecular formula is C19H22FN3O3S2. The van der Waals surface area contributed by atoms with Gasteiger partial charge in [0, 0.05) is 29.2 Å². The Morgan fingerprint density at radius 2 is 2.14 bits per heavy atom. The van der Waals surface area contributed by atoms with Crippen molar-refractivity contribution in [2.45, 2.75) is 37.6 Å². The number of aromatic nitrogens is 1. The molecule has 3 rings (SSSR count). The van der Waals surface area contributed by atoms with Crippen molar-refractivity contribution in [2.75, 3.05) is 24.2 Å². The molecule has 0 radical (unpaired) electrons. The average molecular weight is 424 g/mol. The highest BCUT2D eigenvalue weighted by Gasteiger charge is 2.25. The van der Waals surface area contributed by atoms with E-state index in [1.54, 1.807) is 35.7 Å². The number of ether oxygens (including phenoxy) is 1. The summed E-state index contributed by atoms with van der Waals surface area (Å²) in [6.07, 6.45) is 1.46. The normalized spacial score (nSPS) is 13.1. The third-order valence-electron chi connectivity index (χ3n) is 4.13. The molecule has 0 atom stereocenters. The van der Waals surface area contributed by atoms with Crippen LogP contribution in [0.5, 0.6) is 0 Å². The van der Waals surface area contributed by atoms with Crippen molar-refractivity contribution in [3.8, 4) is 0 Å². The van der Waals surface area contributed by atoms with Gasteiger partial charge in [0.2, 0.25) is 5.91 Å². The molecule has 1 aliphatic heterocycles. The van der Waals surface area contributed by atoms with Gasteiger partial charge >= 0.3 is 6.09 Å². The minimum Gasteiger partial charge on any atom is -0.450 e. The number of carbonyl (C=O) groups is 2. The zero-order valence-electron chi connectivity index (χ0n) is 15.6. The quantitative estimate of drug-likeness (QED) is 0.531. The van der Waals surface area contributed by atoms with Crippen LogP contribution in [-0.2, 0) is 22.5 Å². The van der Waals surface area contributed by atoms with E-state index in [4.69, 9.17) is 4.74 Å². The molecular weight excluding hydrogens is 401 g/mol. The zero-order chi connectivity index (χ0) is 19.9. The number of benzene rings is 1. The first-order chi connectivity index (χ1) is 13.5. The molecule has 0 unspecified atom stereocenters. The Morgan fingerprint density at radius 1 is 1.36 bits per heavy atom. The van der Waals surface area contributed by atoms with Gasteiger partial charge in [0.15, 0.2) is 5.13 Å². The number of thioether (sulfide) groups is 1. The standard InChI is InChI=1S/C19H22FN3O3S2/c1-2-26-19(25)23-10-9-15-16(12-23)28-18(21-15)22-17(24)4-3-11-27-14-7-5-13(20)6-8-14/h5-8H,2-4,9-12H2,1H3,(H,21,22,24). The Bertz CT molecular complexity index is 826. The van der Waals surface area contributed by atoms with E-state index in [0.717, 1.165) is 27.6 Å². The SMILES string of the molecule is CCOC(=O)N1CCc2nc(NC(=O)CCCSc3ccc(F)cc3)sc2C1. The summed E-state index contributed by atoms with van der Waals surface area (Å²) in [4.78, 5) is 32.1. The van der Waals surface area contributed by atoms with Gasteiger partial charge in [0.1, 0.15) is 5.82 Å². The molecule has 28 heavy (non-hydrogen) atoms. The highest BCUT2D eigenvalue weighted by Crippen LogP contribution is 2.29. The maximum Gasteiger partial charge on any atom is 0.410 e. The van der Waals surface area contributed by atoms with Crippen molar-refractivity contribution in [2.24, 2.45) is 0 Å². The number of nitrogens with one attached hydrogen (secondary N) is 1. The summed E-state index contributed by atoms with van der Waals surface area (Å²) in [5.74, 6) is 0.454. The van der Waals surface area contributed by atoms with E-state index in [9.17, 15) is 14.0 Å². The van der Waals surface area contributed by atoms with Crippen molar-refractivity contribution in [3.05, 3.63) is 40.7 Å². The fourth-order valence-electron chi connectivity index (χ4n) is 2.75. The molecule has 0 saturated carbocycles. The van der Waals surface area contributed by atoms with Crippen LogP contribution in [0.4, 0.5) is 14.3 Å². The van der Waals surface area contributed by atoms with Gasteiger partial charge in [0.05, 0.1) is 18.8 Å². The summed E-state index contributed by atoms with van der Waals surface area (Å²) in [6.45, 7) is 3.18. The minimum absolute atomic E-state index is 0.0759. The Labute approximate surface area is 171 Å². The molecule has 0 spiro atoms. The number of thiazole rings is 1. The highest BCUT2D eigenvalue weighted by atomic mass is 32.2. The van der Waals surface area contributed by atoms with Crippen LogP contribution >= 0.6 is 23.1 Å². The minimum atomic E-state index is -0.314. The second kappa shape index (κ2) is 9.88. The highest BCUT2D eigenvalue weighted by molar-refractivity contribution is 7.99. The molecule has 6 nitrogen and oxygen atoms in total. The molecule has 0 bridgehead atoms. The van der Waals surface area contributed by atoms with E-state index < -0.39 is 0 Å². The molecule has 1 aromatic carbocycles. The molecule has 2 amide bonds. The number of halogens is 1. The van der Waals surface area contributed by atoms with Crippen molar-refractivity contribution in [3.63, 3.8) is 0 Å². The lowest BCUT2D eigenvalue weighted by molar-refractivity contribution is -0.116. The van der Waals surface area contributed by atoms with E-state index >= 15 is 0 Å². The fraction of sp³-hybridized carbons (Fsp3) is 0.421. The van der Waals surface area contributed by atoms with Gasteiger partial charge in [-0.15, -0.1) is 11.8 Å². The molecule has 2 heterocycles. The topological polar surface area (TPSA) is 71.5 Å². The summed E-state index contributed by atoms with van der Waals surface area (Å²) in [5, 5.41) is 3.43. The number of hydrogen-bond donors (Lipinski definition) is 1. The van der Waals surface area contributed by atoms with Crippen LogP contribution < -0.4 is 5.32 Å². The third kappa shape index (κ3) is 5.68. The molecule has 9 heteroatoms. The first kappa shape index (κ1) is 20.6. The maximum atomic E-state index is 12.9.